The van der Waals surface area contributed by atoms with Crippen LogP contribution in [0.2, 0.25) is 0 Å². The number of benzene rings is 2. The average Bonchev–Trinajstić information content (AvgIpc) is 3.05. The Balaban J connectivity index is 1.48. The van der Waals surface area contributed by atoms with E-state index in [0.29, 0.717) is 16.9 Å². The Labute approximate surface area is 162 Å². The van der Waals surface area contributed by atoms with E-state index in [1.807, 2.05) is 0 Å². The van der Waals surface area contributed by atoms with Gasteiger partial charge in [0.2, 0.25) is 0 Å². The SMILES string of the molecule is CC1(C)[C@@H]2CC[C@]13CS[C@H](P(c1ccccc1)c1ccccc1)O[C@@H]3C2. The molecule has 2 aliphatic carbocycles. The Morgan fingerprint density at radius 3 is 2.15 bits per heavy atom. The largest absolute Gasteiger partial charge is 0.359 e. The van der Waals surface area contributed by atoms with E-state index in [2.05, 4.69) is 86.3 Å². The quantitative estimate of drug-likeness (QED) is 0.661. The van der Waals surface area contributed by atoms with Gasteiger partial charge in [-0.2, -0.15) is 0 Å². The summed E-state index contributed by atoms with van der Waals surface area (Å²) in [6.07, 6.45) is 4.50. The van der Waals surface area contributed by atoms with Crippen LogP contribution >= 0.6 is 19.7 Å². The van der Waals surface area contributed by atoms with Gasteiger partial charge >= 0.3 is 0 Å². The van der Waals surface area contributed by atoms with Crippen molar-refractivity contribution in [3.63, 3.8) is 0 Å². The van der Waals surface area contributed by atoms with Gasteiger partial charge < -0.3 is 4.74 Å². The summed E-state index contributed by atoms with van der Waals surface area (Å²) >= 11 is 2.10. The molecule has 0 aromatic heterocycles. The Morgan fingerprint density at radius 1 is 0.962 bits per heavy atom. The molecule has 0 unspecified atom stereocenters. The van der Waals surface area contributed by atoms with Crippen molar-refractivity contribution in [2.24, 2.45) is 16.7 Å². The maximum atomic E-state index is 6.93. The van der Waals surface area contributed by atoms with Crippen LogP contribution in [0.4, 0.5) is 0 Å². The van der Waals surface area contributed by atoms with Gasteiger partial charge in [0.25, 0.3) is 0 Å². The highest BCUT2D eigenvalue weighted by Gasteiger charge is 2.66. The Bertz CT molecular complexity index is 738. The molecule has 4 atom stereocenters. The van der Waals surface area contributed by atoms with Crippen LogP contribution in [0.5, 0.6) is 0 Å². The molecule has 1 heterocycles. The van der Waals surface area contributed by atoms with Crippen LogP contribution in [-0.4, -0.2) is 17.0 Å². The molecule has 3 heteroatoms. The van der Waals surface area contributed by atoms with E-state index in [1.165, 1.54) is 35.6 Å². The van der Waals surface area contributed by atoms with Crippen molar-refractivity contribution in [1.29, 1.82) is 0 Å². The summed E-state index contributed by atoms with van der Waals surface area (Å²) in [5.41, 5.74) is 0.852. The van der Waals surface area contributed by atoms with Crippen LogP contribution in [0.25, 0.3) is 0 Å². The first-order chi connectivity index (χ1) is 12.6. The van der Waals surface area contributed by atoms with E-state index in [0.717, 1.165) is 5.92 Å². The van der Waals surface area contributed by atoms with Crippen molar-refractivity contribution >= 4 is 30.3 Å². The summed E-state index contributed by atoms with van der Waals surface area (Å²) in [5, 5.41) is 3.15. The molecule has 1 nitrogen and oxygen atoms in total. The van der Waals surface area contributed by atoms with E-state index < -0.39 is 7.92 Å². The molecule has 1 saturated heterocycles. The fraction of sp³-hybridized carbons (Fsp3) is 0.478. The predicted octanol–water partition coefficient (Wildman–Crippen LogP) is 5.36. The summed E-state index contributed by atoms with van der Waals surface area (Å²) in [6, 6.07) is 22.1. The molecule has 0 radical (unpaired) electrons. The molecular weight excluding hydrogens is 355 g/mol. The van der Waals surface area contributed by atoms with Gasteiger partial charge in [0, 0.05) is 11.2 Å². The van der Waals surface area contributed by atoms with Crippen LogP contribution in [0.1, 0.15) is 33.1 Å². The second-order valence-electron chi connectivity index (χ2n) is 8.63. The van der Waals surface area contributed by atoms with Crippen molar-refractivity contribution in [3.8, 4) is 0 Å². The molecule has 1 spiro atoms. The molecule has 2 saturated carbocycles. The minimum absolute atomic E-state index is 0.278. The van der Waals surface area contributed by atoms with Gasteiger partial charge in [-0.05, 0) is 49.1 Å². The zero-order chi connectivity index (χ0) is 17.8. The molecule has 0 amide bonds. The molecule has 3 fully saturated rings. The van der Waals surface area contributed by atoms with E-state index in [-0.39, 0.29) is 5.18 Å². The second kappa shape index (κ2) is 6.36. The van der Waals surface area contributed by atoms with Crippen molar-refractivity contribution in [1.82, 2.24) is 0 Å². The molecule has 3 aliphatic rings. The van der Waals surface area contributed by atoms with Gasteiger partial charge in [0.15, 0.2) is 0 Å². The van der Waals surface area contributed by atoms with Crippen molar-refractivity contribution in [2.45, 2.75) is 44.4 Å². The van der Waals surface area contributed by atoms with Crippen LogP contribution in [-0.2, 0) is 4.74 Å². The van der Waals surface area contributed by atoms with Crippen LogP contribution < -0.4 is 10.6 Å². The number of fused-ring (bicyclic) bond motifs is 1. The summed E-state index contributed by atoms with van der Waals surface area (Å²) < 4.78 is 6.93. The summed E-state index contributed by atoms with van der Waals surface area (Å²) in [4.78, 5) is 0. The van der Waals surface area contributed by atoms with Gasteiger partial charge in [-0.15, -0.1) is 11.8 Å². The van der Waals surface area contributed by atoms with Gasteiger partial charge in [-0.1, -0.05) is 74.5 Å². The smallest absolute Gasteiger partial charge is 0.130 e. The van der Waals surface area contributed by atoms with Gasteiger partial charge in [0.1, 0.15) is 5.18 Å². The summed E-state index contributed by atoms with van der Waals surface area (Å²) in [5.74, 6) is 2.12. The van der Waals surface area contributed by atoms with E-state index in [4.69, 9.17) is 4.74 Å². The zero-order valence-corrected chi connectivity index (χ0v) is 17.3. The lowest BCUT2D eigenvalue weighted by Crippen LogP contribution is -2.47. The maximum absolute atomic E-state index is 6.93. The topological polar surface area (TPSA) is 9.23 Å². The molecule has 2 aromatic carbocycles. The summed E-state index contributed by atoms with van der Waals surface area (Å²) in [7, 11) is -0.495. The lowest BCUT2D eigenvalue weighted by molar-refractivity contribution is -0.0437. The number of hydrogen-bond donors (Lipinski definition) is 0. The van der Waals surface area contributed by atoms with E-state index >= 15 is 0 Å². The number of thioether (sulfide) groups is 1. The van der Waals surface area contributed by atoms with Crippen molar-refractivity contribution < 1.29 is 4.74 Å². The minimum Gasteiger partial charge on any atom is -0.359 e. The van der Waals surface area contributed by atoms with Gasteiger partial charge in [-0.25, -0.2) is 0 Å². The van der Waals surface area contributed by atoms with Gasteiger partial charge in [-0.3, -0.25) is 0 Å². The van der Waals surface area contributed by atoms with Crippen LogP contribution in [0.3, 0.4) is 0 Å². The first-order valence-corrected chi connectivity index (χ1v) is 12.2. The molecule has 0 N–H and O–H groups in total. The van der Waals surface area contributed by atoms with Crippen LogP contribution in [0.15, 0.2) is 60.7 Å². The monoisotopic (exact) mass is 382 g/mol. The molecule has 1 aliphatic heterocycles. The molecule has 136 valence electrons. The maximum Gasteiger partial charge on any atom is 0.130 e. The highest BCUT2D eigenvalue weighted by Crippen LogP contribution is 2.70. The fourth-order valence-electron chi connectivity index (χ4n) is 5.64. The van der Waals surface area contributed by atoms with E-state index in [1.54, 1.807) is 0 Å². The Hall–Kier alpha value is -0.820. The molecular formula is C23H27OPS. The molecule has 26 heavy (non-hydrogen) atoms. The average molecular weight is 383 g/mol. The number of hydrogen-bond acceptors (Lipinski definition) is 2. The third-order valence-electron chi connectivity index (χ3n) is 7.40. The first kappa shape index (κ1) is 17.3. The fourth-order valence-corrected chi connectivity index (χ4v) is 10.6. The highest BCUT2D eigenvalue weighted by molar-refractivity contribution is 8.07. The minimum atomic E-state index is -0.495. The zero-order valence-electron chi connectivity index (χ0n) is 15.6. The Kier molecular flexibility index (Phi) is 4.23. The summed E-state index contributed by atoms with van der Waals surface area (Å²) in [6.45, 7) is 5.01. The second-order valence-corrected chi connectivity index (χ2v) is 12.3. The molecule has 5 rings (SSSR count). The number of ether oxygens (including phenoxy) is 1. The third-order valence-corrected chi connectivity index (χ3v) is 11.8. The highest BCUT2D eigenvalue weighted by atomic mass is 32.2. The lowest BCUT2D eigenvalue weighted by Gasteiger charge is -2.48. The molecule has 2 aromatic rings. The van der Waals surface area contributed by atoms with Gasteiger partial charge in [0.05, 0.1) is 6.10 Å². The standard InChI is InChI=1S/C23H27OPS/c1-22(2)17-13-14-23(22)16-26-21(24-20(23)15-17)25(18-9-5-3-6-10-18)19-11-7-4-8-12-19/h3-12,17,20-21H,13-16H2,1-2H3/t17-,20-,21+,23-/m1/s1. The predicted molar refractivity (Wildman–Crippen MR) is 114 cm³/mol. The van der Waals surface area contributed by atoms with Crippen molar-refractivity contribution in [2.75, 3.05) is 5.75 Å². The molecule has 2 bridgehead atoms. The van der Waals surface area contributed by atoms with Crippen molar-refractivity contribution in [3.05, 3.63) is 60.7 Å². The van der Waals surface area contributed by atoms with E-state index in [9.17, 15) is 0 Å². The normalized spacial score (nSPS) is 34.8. The third kappa shape index (κ3) is 2.45. The Morgan fingerprint density at radius 2 is 1.58 bits per heavy atom. The van der Waals surface area contributed by atoms with Crippen LogP contribution in [0, 0.1) is 16.7 Å². The number of rotatable bonds is 3. The lowest BCUT2D eigenvalue weighted by atomic mass is 9.69. The first-order valence-electron chi connectivity index (χ1n) is 9.78.